The Morgan fingerprint density at radius 3 is 1.44 bits per heavy atom. The van der Waals surface area contributed by atoms with Gasteiger partial charge in [0.15, 0.2) is 34.6 Å². The van der Waals surface area contributed by atoms with Crippen molar-refractivity contribution in [3.63, 3.8) is 0 Å². The van der Waals surface area contributed by atoms with Gasteiger partial charge in [0.1, 0.15) is 12.1 Å². The summed E-state index contributed by atoms with van der Waals surface area (Å²) in [6.45, 7) is 0. The summed E-state index contributed by atoms with van der Waals surface area (Å²) < 4.78 is 21.9. The Hall–Kier alpha value is -6.76. The lowest BCUT2D eigenvalue weighted by molar-refractivity contribution is -0.136. The van der Waals surface area contributed by atoms with Gasteiger partial charge in [-0.15, -0.1) is 0 Å². The van der Waals surface area contributed by atoms with Crippen molar-refractivity contribution in [1.29, 1.82) is 0 Å². The van der Waals surface area contributed by atoms with Gasteiger partial charge in [0, 0.05) is 47.0 Å². The molecule has 2 aromatic heterocycles. The quantitative estimate of drug-likeness (QED) is 0.0404. The predicted octanol–water partition coefficient (Wildman–Crippen LogP) is 5.87. The number of nitrogens with two attached hydrogens (primary N) is 2. The first-order valence-electron chi connectivity index (χ1n) is 17.4. The van der Waals surface area contributed by atoms with E-state index in [1.54, 1.807) is 36.4 Å². The number of aromatic amines is 2. The molecule has 0 aliphatic heterocycles. The number of esters is 2. The number of hydrogen-bond acceptors (Lipinski definition) is 10. The second-order valence-electron chi connectivity index (χ2n) is 12.8. The standard InChI is InChI=1S/C43H40N4O8/c1-52-40-19-26(13-17-38(40)54-42(50)34(44)21-28-24-46-36-9-5-3-7-32(28)36)11-15-30(48)23-31(49)16-12-27-14-18-39(41(20-27)53-2)55-43(51)35(45)22-29-25-47-37-10-6-4-8-33(29)37/h3-20,24-25,34-35,46-47H,21-23,44-45H2,1-2H3/b15-11+,16-12+/t34-,35-/m1/s1. The Bertz CT molecular complexity index is 2260. The predicted molar refractivity (Wildman–Crippen MR) is 210 cm³/mol. The second kappa shape index (κ2) is 17.4. The number of carbonyl (C=O) groups excluding carboxylic acids is 4. The maximum absolute atomic E-state index is 12.8. The molecular formula is C43H40N4O8. The number of nitrogens with one attached hydrogen (secondary N) is 2. The fraction of sp³-hybridized carbons (Fsp3) is 0.163. The van der Waals surface area contributed by atoms with Gasteiger partial charge in [-0.3, -0.25) is 9.59 Å². The SMILES string of the molecule is COc1cc(/C=C/C(=O)CC(=O)/C=C/c2ccc(OC(=O)[C@H](N)Cc3c[nH]c4ccccc34)c(OC)c2)ccc1OC(=O)[C@H](N)Cc1c[nH]c2ccccc12. The minimum Gasteiger partial charge on any atom is -0.493 e. The van der Waals surface area contributed by atoms with Crippen LogP contribution in [0.15, 0.2) is 109 Å². The van der Waals surface area contributed by atoms with Crippen LogP contribution in [0.3, 0.4) is 0 Å². The van der Waals surface area contributed by atoms with Crippen molar-refractivity contribution in [2.24, 2.45) is 11.5 Å². The van der Waals surface area contributed by atoms with E-state index in [4.69, 9.17) is 30.4 Å². The van der Waals surface area contributed by atoms with E-state index < -0.39 is 35.6 Å². The molecule has 0 aliphatic carbocycles. The summed E-state index contributed by atoms with van der Waals surface area (Å²) in [6.07, 6.45) is 9.50. The van der Waals surface area contributed by atoms with E-state index in [2.05, 4.69) is 9.97 Å². The molecule has 0 spiro atoms. The van der Waals surface area contributed by atoms with Crippen LogP contribution < -0.4 is 30.4 Å². The molecule has 0 saturated heterocycles. The normalized spacial score (nSPS) is 12.6. The summed E-state index contributed by atoms with van der Waals surface area (Å²) in [7, 11) is 2.86. The van der Waals surface area contributed by atoms with E-state index in [9.17, 15) is 19.2 Å². The Morgan fingerprint density at radius 1 is 0.600 bits per heavy atom. The van der Waals surface area contributed by atoms with E-state index in [1.807, 2.05) is 60.9 Å². The Morgan fingerprint density at radius 2 is 1.02 bits per heavy atom. The molecule has 0 unspecified atom stereocenters. The molecule has 55 heavy (non-hydrogen) atoms. The molecule has 0 saturated carbocycles. The van der Waals surface area contributed by atoms with Crippen LogP contribution >= 0.6 is 0 Å². The zero-order valence-corrected chi connectivity index (χ0v) is 30.2. The molecule has 12 heteroatoms. The third kappa shape index (κ3) is 9.43. The molecule has 2 heterocycles. The summed E-state index contributed by atoms with van der Waals surface area (Å²) in [5.41, 5.74) is 17.2. The topological polar surface area (TPSA) is 189 Å². The lowest BCUT2D eigenvalue weighted by Gasteiger charge is -2.13. The van der Waals surface area contributed by atoms with Gasteiger partial charge in [-0.25, -0.2) is 9.59 Å². The first kappa shape index (κ1) is 38.0. The van der Waals surface area contributed by atoms with Crippen molar-refractivity contribution in [3.8, 4) is 23.0 Å². The highest BCUT2D eigenvalue weighted by atomic mass is 16.6. The van der Waals surface area contributed by atoms with Gasteiger partial charge in [-0.1, -0.05) is 60.7 Å². The van der Waals surface area contributed by atoms with Gasteiger partial charge < -0.3 is 40.4 Å². The average molecular weight is 741 g/mol. The first-order valence-corrected chi connectivity index (χ1v) is 17.4. The average Bonchev–Trinajstić information content (AvgIpc) is 3.80. The molecule has 6 rings (SSSR count). The van der Waals surface area contributed by atoms with Crippen LogP contribution in [0.2, 0.25) is 0 Å². The van der Waals surface area contributed by atoms with Gasteiger partial charge in [-0.2, -0.15) is 0 Å². The lowest BCUT2D eigenvalue weighted by Crippen LogP contribution is -2.36. The number of allylic oxidation sites excluding steroid dienone is 2. The van der Waals surface area contributed by atoms with Gasteiger partial charge in [-0.05, 0) is 70.8 Å². The highest BCUT2D eigenvalue weighted by Gasteiger charge is 2.22. The molecule has 0 amide bonds. The van der Waals surface area contributed by atoms with Gasteiger partial charge in [0.2, 0.25) is 0 Å². The summed E-state index contributed by atoms with van der Waals surface area (Å²) >= 11 is 0. The highest BCUT2D eigenvalue weighted by Crippen LogP contribution is 2.31. The van der Waals surface area contributed by atoms with E-state index in [0.717, 1.165) is 32.9 Å². The van der Waals surface area contributed by atoms with Gasteiger partial charge in [0.25, 0.3) is 0 Å². The molecule has 6 aromatic rings. The molecule has 280 valence electrons. The van der Waals surface area contributed by atoms with Crippen LogP contribution in [-0.4, -0.2) is 59.8 Å². The molecule has 0 aliphatic rings. The fourth-order valence-corrected chi connectivity index (χ4v) is 6.02. The van der Waals surface area contributed by atoms with Crippen molar-refractivity contribution in [3.05, 3.63) is 132 Å². The summed E-state index contributed by atoms with van der Waals surface area (Å²) in [4.78, 5) is 57.2. The number of ketones is 2. The highest BCUT2D eigenvalue weighted by molar-refractivity contribution is 6.11. The molecule has 0 fully saturated rings. The summed E-state index contributed by atoms with van der Waals surface area (Å²) in [5, 5.41) is 1.97. The van der Waals surface area contributed by atoms with Crippen molar-refractivity contribution >= 4 is 57.5 Å². The van der Waals surface area contributed by atoms with Gasteiger partial charge in [0.05, 0.1) is 20.6 Å². The number of methoxy groups -OCH3 is 2. The van der Waals surface area contributed by atoms with Crippen LogP contribution in [0.5, 0.6) is 23.0 Å². The monoisotopic (exact) mass is 740 g/mol. The van der Waals surface area contributed by atoms with Crippen molar-refractivity contribution in [1.82, 2.24) is 9.97 Å². The van der Waals surface area contributed by atoms with Crippen LogP contribution in [0.1, 0.15) is 28.7 Å². The number of ether oxygens (including phenoxy) is 4. The molecule has 0 radical (unpaired) electrons. The van der Waals surface area contributed by atoms with Crippen LogP contribution in [-0.2, 0) is 32.0 Å². The third-order valence-corrected chi connectivity index (χ3v) is 8.90. The lowest BCUT2D eigenvalue weighted by atomic mass is 10.1. The third-order valence-electron chi connectivity index (χ3n) is 8.90. The fourth-order valence-electron chi connectivity index (χ4n) is 6.02. The van der Waals surface area contributed by atoms with Gasteiger partial charge >= 0.3 is 11.9 Å². The van der Waals surface area contributed by atoms with Crippen LogP contribution in [0.4, 0.5) is 0 Å². The number of benzene rings is 4. The molecule has 12 nitrogen and oxygen atoms in total. The number of fused-ring (bicyclic) bond motifs is 2. The number of H-pyrrole nitrogens is 2. The Labute approximate surface area is 316 Å². The smallest absolute Gasteiger partial charge is 0.328 e. The molecule has 2 atom stereocenters. The number of hydrogen-bond donors (Lipinski definition) is 4. The molecular weight excluding hydrogens is 700 g/mol. The maximum atomic E-state index is 12.8. The van der Waals surface area contributed by atoms with Crippen molar-refractivity contribution < 1.29 is 38.1 Å². The zero-order valence-electron chi connectivity index (χ0n) is 30.2. The van der Waals surface area contributed by atoms with E-state index >= 15 is 0 Å². The van der Waals surface area contributed by atoms with E-state index in [0.29, 0.717) is 11.1 Å². The van der Waals surface area contributed by atoms with Crippen molar-refractivity contribution in [2.45, 2.75) is 31.3 Å². The first-order chi connectivity index (χ1) is 26.6. The van der Waals surface area contributed by atoms with Crippen LogP contribution in [0, 0.1) is 0 Å². The van der Waals surface area contributed by atoms with Crippen LogP contribution in [0.25, 0.3) is 34.0 Å². The van der Waals surface area contributed by atoms with E-state index in [1.165, 1.54) is 38.5 Å². The summed E-state index contributed by atoms with van der Waals surface area (Å²) in [5.74, 6) is -1.19. The van der Waals surface area contributed by atoms with Crippen molar-refractivity contribution in [2.75, 3.05) is 14.2 Å². The molecule has 0 bridgehead atoms. The number of carbonyl (C=O) groups is 4. The Balaban J connectivity index is 0.994. The molecule has 4 aromatic carbocycles. The van der Waals surface area contributed by atoms with E-state index in [-0.39, 0.29) is 42.3 Å². The number of aromatic nitrogens is 2. The summed E-state index contributed by atoms with van der Waals surface area (Å²) in [6, 6.07) is 23.3. The minimum atomic E-state index is -0.911. The minimum absolute atomic E-state index is 0.179. The second-order valence-corrected chi connectivity index (χ2v) is 12.8. The largest absolute Gasteiger partial charge is 0.493 e. The maximum Gasteiger partial charge on any atom is 0.328 e. The number of rotatable bonds is 16. The molecule has 6 N–H and O–H groups in total. The zero-order chi connectivity index (χ0) is 38.9. The Kier molecular flexibility index (Phi) is 12.0. The number of para-hydroxylation sites is 2.